The maximum atomic E-state index is 12.0. The third-order valence-electron chi connectivity index (χ3n) is 3.01. The van der Waals surface area contributed by atoms with E-state index in [2.05, 4.69) is 10.1 Å². The average Bonchev–Trinajstić information content (AvgIpc) is 2.40. The van der Waals surface area contributed by atoms with Gasteiger partial charge in [-0.3, -0.25) is 0 Å². The van der Waals surface area contributed by atoms with Crippen LogP contribution in [0.15, 0.2) is 24.3 Å². The third-order valence-corrected chi connectivity index (χ3v) is 3.01. The average molecular weight is 286 g/mol. The molecule has 1 fully saturated rings. The molecule has 1 heterocycles. The molecule has 1 aliphatic rings. The highest BCUT2D eigenvalue weighted by atomic mass is 19.3. The van der Waals surface area contributed by atoms with E-state index in [1.807, 2.05) is 0 Å². The molecule has 5 nitrogen and oxygen atoms in total. The van der Waals surface area contributed by atoms with Crippen molar-refractivity contribution < 1.29 is 23.4 Å². The minimum atomic E-state index is -2.87. The second-order valence-corrected chi connectivity index (χ2v) is 4.58. The number of urea groups is 1. The molecule has 20 heavy (non-hydrogen) atoms. The van der Waals surface area contributed by atoms with Crippen LogP contribution in [0.2, 0.25) is 0 Å². The predicted octanol–water partition coefficient (Wildman–Crippen LogP) is 2.28. The number of likely N-dealkylation sites (tertiary alicyclic amines) is 1. The quantitative estimate of drug-likeness (QED) is 0.896. The molecule has 1 aromatic rings. The van der Waals surface area contributed by atoms with Gasteiger partial charge in [-0.05, 0) is 37.1 Å². The molecule has 1 unspecified atom stereocenters. The Hall–Kier alpha value is -1.89. The Morgan fingerprint density at radius 3 is 2.70 bits per heavy atom. The van der Waals surface area contributed by atoms with Gasteiger partial charge in [-0.1, -0.05) is 0 Å². The van der Waals surface area contributed by atoms with Gasteiger partial charge in [0.25, 0.3) is 0 Å². The summed E-state index contributed by atoms with van der Waals surface area (Å²) in [6.45, 7) is -1.97. The summed E-state index contributed by atoms with van der Waals surface area (Å²) in [7, 11) is 0. The van der Waals surface area contributed by atoms with Gasteiger partial charge in [0.15, 0.2) is 0 Å². The summed E-state index contributed by atoms with van der Waals surface area (Å²) in [5.41, 5.74) is 0.483. The lowest BCUT2D eigenvalue weighted by Gasteiger charge is -2.30. The van der Waals surface area contributed by atoms with Gasteiger partial charge >= 0.3 is 12.6 Å². The Kier molecular flexibility index (Phi) is 4.73. The fourth-order valence-corrected chi connectivity index (χ4v) is 2.06. The Labute approximate surface area is 115 Å². The van der Waals surface area contributed by atoms with Crippen LogP contribution in [0.5, 0.6) is 5.75 Å². The van der Waals surface area contributed by atoms with Crippen molar-refractivity contribution in [2.75, 3.05) is 18.4 Å². The number of hydrogen-bond acceptors (Lipinski definition) is 3. The van der Waals surface area contributed by atoms with E-state index in [0.717, 1.165) is 6.42 Å². The van der Waals surface area contributed by atoms with Crippen molar-refractivity contribution in [1.82, 2.24) is 4.90 Å². The van der Waals surface area contributed by atoms with Gasteiger partial charge in [0.2, 0.25) is 0 Å². The fourth-order valence-electron chi connectivity index (χ4n) is 2.06. The molecule has 1 atom stereocenters. The molecule has 110 valence electrons. The number of rotatable bonds is 3. The lowest BCUT2D eigenvalue weighted by atomic mass is 10.1. The first kappa shape index (κ1) is 14.5. The van der Waals surface area contributed by atoms with E-state index in [9.17, 15) is 18.7 Å². The molecular weight excluding hydrogens is 270 g/mol. The van der Waals surface area contributed by atoms with Crippen LogP contribution in [-0.4, -0.2) is 41.8 Å². The largest absolute Gasteiger partial charge is 0.435 e. The minimum Gasteiger partial charge on any atom is -0.435 e. The summed E-state index contributed by atoms with van der Waals surface area (Å²) in [6, 6.07) is 5.36. The Morgan fingerprint density at radius 1 is 1.40 bits per heavy atom. The van der Waals surface area contributed by atoms with E-state index in [1.165, 1.54) is 29.2 Å². The van der Waals surface area contributed by atoms with Crippen molar-refractivity contribution in [2.45, 2.75) is 25.6 Å². The topological polar surface area (TPSA) is 61.8 Å². The molecule has 0 saturated carbocycles. The number of anilines is 1. The fraction of sp³-hybridized carbons (Fsp3) is 0.462. The molecule has 7 heteroatoms. The van der Waals surface area contributed by atoms with Crippen molar-refractivity contribution in [3.63, 3.8) is 0 Å². The molecule has 0 aliphatic carbocycles. The van der Waals surface area contributed by atoms with Gasteiger partial charge in [-0.15, -0.1) is 0 Å². The lowest BCUT2D eigenvalue weighted by molar-refractivity contribution is -0.0498. The molecular formula is C13H16F2N2O3. The van der Waals surface area contributed by atoms with Crippen LogP contribution in [-0.2, 0) is 0 Å². The predicted molar refractivity (Wildman–Crippen MR) is 68.9 cm³/mol. The summed E-state index contributed by atoms with van der Waals surface area (Å²) in [4.78, 5) is 13.5. The molecule has 2 amide bonds. The van der Waals surface area contributed by atoms with Crippen molar-refractivity contribution in [3.8, 4) is 5.75 Å². The number of piperidine rings is 1. The zero-order chi connectivity index (χ0) is 14.5. The van der Waals surface area contributed by atoms with Crippen LogP contribution < -0.4 is 10.1 Å². The van der Waals surface area contributed by atoms with Crippen molar-refractivity contribution in [1.29, 1.82) is 0 Å². The van der Waals surface area contributed by atoms with Crippen LogP contribution in [0.1, 0.15) is 12.8 Å². The number of carbonyl (C=O) groups excluding carboxylic acids is 1. The first-order valence-corrected chi connectivity index (χ1v) is 6.33. The second-order valence-electron chi connectivity index (χ2n) is 4.58. The number of aliphatic hydroxyl groups is 1. The number of nitrogens with one attached hydrogen (secondary N) is 1. The van der Waals surface area contributed by atoms with E-state index < -0.39 is 12.7 Å². The summed E-state index contributed by atoms with van der Waals surface area (Å²) >= 11 is 0. The lowest BCUT2D eigenvalue weighted by Crippen LogP contribution is -2.44. The molecule has 0 bridgehead atoms. The van der Waals surface area contributed by atoms with E-state index >= 15 is 0 Å². The number of nitrogens with zero attached hydrogens (tertiary/aromatic N) is 1. The Balaban J connectivity index is 1.90. The summed E-state index contributed by atoms with van der Waals surface area (Å²) in [5.74, 6) is 0.0337. The van der Waals surface area contributed by atoms with Gasteiger partial charge in [0.1, 0.15) is 5.75 Å². The molecule has 1 saturated heterocycles. The van der Waals surface area contributed by atoms with E-state index in [1.54, 1.807) is 0 Å². The number of benzene rings is 1. The first-order chi connectivity index (χ1) is 9.54. The number of carbonyl (C=O) groups is 1. The van der Waals surface area contributed by atoms with Gasteiger partial charge in [0.05, 0.1) is 6.10 Å². The number of β-amino-alcohol motifs (C(OH)–C–C–N with tert-alkyl or cyclic N) is 1. The smallest absolute Gasteiger partial charge is 0.387 e. The number of alkyl halides is 2. The van der Waals surface area contributed by atoms with E-state index in [4.69, 9.17) is 0 Å². The van der Waals surface area contributed by atoms with E-state index in [0.29, 0.717) is 25.2 Å². The Bertz CT molecular complexity index is 453. The molecule has 0 radical (unpaired) electrons. The van der Waals surface area contributed by atoms with Crippen LogP contribution in [0, 0.1) is 0 Å². The maximum Gasteiger partial charge on any atom is 0.387 e. The normalized spacial score (nSPS) is 19.0. The van der Waals surface area contributed by atoms with Crippen LogP contribution >= 0.6 is 0 Å². The summed E-state index contributed by atoms with van der Waals surface area (Å²) < 4.78 is 28.2. The van der Waals surface area contributed by atoms with Gasteiger partial charge in [-0.25, -0.2) is 4.79 Å². The highest BCUT2D eigenvalue weighted by Gasteiger charge is 2.21. The third kappa shape index (κ3) is 4.06. The van der Waals surface area contributed by atoms with Crippen molar-refractivity contribution in [3.05, 3.63) is 24.3 Å². The SMILES string of the molecule is O=C(Nc1ccc(OC(F)F)cc1)N1CCCC(O)C1. The molecule has 2 rings (SSSR count). The van der Waals surface area contributed by atoms with Crippen LogP contribution in [0.4, 0.5) is 19.3 Å². The standard InChI is InChI=1S/C13H16F2N2O3/c14-12(15)20-11-5-3-9(4-6-11)16-13(19)17-7-1-2-10(18)8-17/h3-6,10,12,18H,1-2,7-8H2,(H,16,19). The second kappa shape index (κ2) is 6.51. The number of halogens is 2. The number of aliphatic hydroxyl groups excluding tert-OH is 1. The highest BCUT2D eigenvalue weighted by Crippen LogP contribution is 2.18. The number of amides is 2. The summed E-state index contributed by atoms with van der Waals surface area (Å²) in [5, 5.41) is 12.2. The molecule has 1 aromatic carbocycles. The van der Waals surface area contributed by atoms with E-state index in [-0.39, 0.29) is 11.8 Å². The van der Waals surface area contributed by atoms with Crippen molar-refractivity contribution in [2.24, 2.45) is 0 Å². The molecule has 2 N–H and O–H groups in total. The van der Waals surface area contributed by atoms with Crippen LogP contribution in [0.3, 0.4) is 0 Å². The monoisotopic (exact) mass is 286 g/mol. The van der Waals surface area contributed by atoms with Gasteiger partial charge in [0, 0.05) is 18.8 Å². The van der Waals surface area contributed by atoms with Crippen LogP contribution in [0.25, 0.3) is 0 Å². The van der Waals surface area contributed by atoms with Gasteiger partial charge < -0.3 is 20.1 Å². The number of ether oxygens (including phenoxy) is 1. The molecule has 1 aliphatic heterocycles. The Morgan fingerprint density at radius 2 is 2.10 bits per heavy atom. The number of hydrogen-bond donors (Lipinski definition) is 2. The minimum absolute atomic E-state index is 0.0337. The first-order valence-electron chi connectivity index (χ1n) is 6.33. The zero-order valence-electron chi connectivity index (χ0n) is 10.8. The molecule has 0 aromatic heterocycles. The maximum absolute atomic E-state index is 12.0. The van der Waals surface area contributed by atoms with Crippen molar-refractivity contribution >= 4 is 11.7 Å². The summed E-state index contributed by atoms with van der Waals surface area (Å²) in [6.07, 6.45) is 0.968. The molecule has 0 spiro atoms. The van der Waals surface area contributed by atoms with Gasteiger partial charge in [-0.2, -0.15) is 8.78 Å². The zero-order valence-corrected chi connectivity index (χ0v) is 10.8. The highest BCUT2D eigenvalue weighted by molar-refractivity contribution is 5.89.